The van der Waals surface area contributed by atoms with E-state index in [4.69, 9.17) is 0 Å². The Balaban J connectivity index is 2.07. The molecule has 0 radical (unpaired) electrons. The lowest BCUT2D eigenvalue weighted by atomic mass is 10.1. The highest BCUT2D eigenvalue weighted by Gasteiger charge is 2.10. The highest BCUT2D eigenvalue weighted by Crippen LogP contribution is 2.21. The standard InChI is InChI=1S/C13H17N3S/c1-13(2,3)15-9-11-7-12(16-17-11)10-5-4-6-14-8-10/h4-8,15H,9H2,1-3H3. The molecule has 0 aliphatic heterocycles. The summed E-state index contributed by atoms with van der Waals surface area (Å²) in [6.07, 6.45) is 3.62. The van der Waals surface area contributed by atoms with Crippen LogP contribution in [-0.2, 0) is 6.54 Å². The van der Waals surface area contributed by atoms with Crippen molar-refractivity contribution in [2.45, 2.75) is 32.9 Å². The Morgan fingerprint density at radius 1 is 1.35 bits per heavy atom. The molecule has 1 N–H and O–H groups in total. The maximum absolute atomic E-state index is 4.45. The van der Waals surface area contributed by atoms with Crippen molar-refractivity contribution in [3.8, 4) is 11.3 Å². The van der Waals surface area contributed by atoms with Gasteiger partial charge in [-0.25, -0.2) is 0 Å². The van der Waals surface area contributed by atoms with Crippen LogP contribution in [0.4, 0.5) is 0 Å². The van der Waals surface area contributed by atoms with Crippen molar-refractivity contribution < 1.29 is 0 Å². The van der Waals surface area contributed by atoms with Crippen molar-refractivity contribution in [1.82, 2.24) is 14.7 Å². The molecular formula is C13H17N3S. The van der Waals surface area contributed by atoms with Crippen LogP contribution in [0.3, 0.4) is 0 Å². The molecule has 2 aromatic rings. The number of pyridine rings is 1. The van der Waals surface area contributed by atoms with Crippen LogP contribution in [-0.4, -0.2) is 14.9 Å². The maximum Gasteiger partial charge on any atom is 0.0859 e. The molecule has 0 bridgehead atoms. The Labute approximate surface area is 106 Å². The minimum atomic E-state index is 0.137. The first-order chi connectivity index (χ1) is 8.04. The van der Waals surface area contributed by atoms with Crippen LogP contribution in [0.2, 0.25) is 0 Å². The number of rotatable bonds is 3. The van der Waals surface area contributed by atoms with Crippen LogP contribution in [0.15, 0.2) is 30.6 Å². The van der Waals surface area contributed by atoms with E-state index in [1.54, 1.807) is 17.7 Å². The van der Waals surface area contributed by atoms with Crippen molar-refractivity contribution in [2.24, 2.45) is 0 Å². The van der Waals surface area contributed by atoms with Crippen LogP contribution in [0.5, 0.6) is 0 Å². The predicted octanol–water partition coefficient (Wildman–Crippen LogP) is 3.09. The second-order valence-corrected chi connectivity index (χ2v) is 5.91. The van der Waals surface area contributed by atoms with Gasteiger partial charge in [0.05, 0.1) is 5.69 Å². The molecule has 0 atom stereocenters. The third kappa shape index (κ3) is 3.61. The normalized spacial score (nSPS) is 11.7. The fourth-order valence-corrected chi connectivity index (χ4v) is 2.07. The summed E-state index contributed by atoms with van der Waals surface area (Å²) in [5.41, 5.74) is 2.22. The average molecular weight is 247 g/mol. The molecule has 2 rings (SSSR count). The van der Waals surface area contributed by atoms with E-state index in [0.717, 1.165) is 17.8 Å². The second kappa shape index (κ2) is 4.94. The molecule has 2 aromatic heterocycles. The van der Waals surface area contributed by atoms with Crippen molar-refractivity contribution in [3.63, 3.8) is 0 Å². The van der Waals surface area contributed by atoms with Gasteiger partial charge in [0, 0.05) is 34.9 Å². The molecule has 0 saturated heterocycles. The Morgan fingerprint density at radius 3 is 2.82 bits per heavy atom. The molecule has 0 aromatic carbocycles. The van der Waals surface area contributed by atoms with E-state index < -0.39 is 0 Å². The molecule has 0 amide bonds. The van der Waals surface area contributed by atoms with Gasteiger partial charge < -0.3 is 5.32 Å². The minimum absolute atomic E-state index is 0.137. The zero-order valence-electron chi connectivity index (χ0n) is 10.4. The van der Waals surface area contributed by atoms with Crippen molar-refractivity contribution in [2.75, 3.05) is 0 Å². The third-order valence-corrected chi connectivity index (χ3v) is 3.09. The molecule has 3 nitrogen and oxygen atoms in total. The SMILES string of the molecule is CC(C)(C)NCc1cc(-c2cccnc2)ns1. The largest absolute Gasteiger partial charge is 0.307 e. The molecule has 0 fully saturated rings. The number of nitrogens with zero attached hydrogens (tertiary/aromatic N) is 2. The van der Waals surface area contributed by atoms with E-state index in [9.17, 15) is 0 Å². The van der Waals surface area contributed by atoms with Crippen LogP contribution in [0.25, 0.3) is 11.3 Å². The Bertz CT molecular complexity index is 471. The zero-order valence-corrected chi connectivity index (χ0v) is 11.2. The van der Waals surface area contributed by atoms with Crippen LogP contribution in [0, 0.1) is 0 Å². The highest BCUT2D eigenvalue weighted by atomic mass is 32.1. The van der Waals surface area contributed by atoms with Crippen LogP contribution in [0.1, 0.15) is 25.6 Å². The molecule has 2 heterocycles. The van der Waals surface area contributed by atoms with Gasteiger partial charge in [-0.3, -0.25) is 4.98 Å². The number of hydrogen-bond acceptors (Lipinski definition) is 4. The van der Waals surface area contributed by atoms with Gasteiger partial charge in [0.25, 0.3) is 0 Å². The van der Waals surface area contributed by atoms with E-state index >= 15 is 0 Å². The molecule has 0 unspecified atom stereocenters. The lowest BCUT2D eigenvalue weighted by molar-refractivity contribution is 0.426. The summed E-state index contributed by atoms with van der Waals surface area (Å²) in [6.45, 7) is 7.35. The summed E-state index contributed by atoms with van der Waals surface area (Å²) in [4.78, 5) is 5.35. The fourth-order valence-electron chi connectivity index (χ4n) is 1.40. The van der Waals surface area contributed by atoms with E-state index in [1.807, 2.05) is 18.3 Å². The van der Waals surface area contributed by atoms with Crippen LogP contribution < -0.4 is 5.32 Å². The summed E-state index contributed by atoms with van der Waals surface area (Å²) >= 11 is 1.54. The summed E-state index contributed by atoms with van der Waals surface area (Å²) in [5, 5.41) is 3.46. The van der Waals surface area contributed by atoms with Gasteiger partial charge in [-0.1, -0.05) is 0 Å². The summed E-state index contributed by atoms with van der Waals surface area (Å²) in [6, 6.07) is 6.09. The van der Waals surface area contributed by atoms with Gasteiger partial charge >= 0.3 is 0 Å². The number of nitrogens with one attached hydrogen (secondary N) is 1. The van der Waals surface area contributed by atoms with E-state index in [0.29, 0.717) is 0 Å². The molecule has 17 heavy (non-hydrogen) atoms. The first-order valence-corrected chi connectivity index (χ1v) is 6.43. The van der Waals surface area contributed by atoms with E-state index in [2.05, 4.69) is 41.5 Å². The molecule has 0 aliphatic rings. The molecule has 0 aliphatic carbocycles. The van der Waals surface area contributed by atoms with Gasteiger partial charge in [0.2, 0.25) is 0 Å². The summed E-state index contributed by atoms with van der Waals surface area (Å²) in [5.74, 6) is 0. The molecule has 0 spiro atoms. The monoisotopic (exact) mass is 247 g/mol. The Kier molecular flexibility index (Phi) is 3.54. The summed E-state index contributed by atoms with van der Waals surface area (Å²) in [7, 11) is 0. The van der Waals surface area contributed by atoms with Gasteiger partial charge in [-0.15, -0.1) is 0 Å². The van der Waals surface area contributed by atoms with Crippen molar-refractivity contribution >= 4 is 11.5 Å². The number of hydrogen-bond donors (Lipinski definition) is 1. The first-order valence-electron chi connectivity index (χ1n) is 5.66. The lowest BCUT2D eigenvalue weighted by Gasteiger charge is -2.19. The van der Waals surface area contributed by atoms with Gasteiger partial charge in [-0.05, 0) is 50.5 Å². The lowest BCUT2D eigenvalue weighted by Crippen LogP contribution is -2.34. The average Bonchev–Trinajstić information content (AvgIpc) is 2.75. The summed E-state index contributed by atoms with van der Waals surface area (Å²) < 4.78 is 4.45. The highest BCUT2D eigenvalue weighted by molar-refractivity contribution is 7.06. The molecular weight excluding hydrogens is 230 g/mol. The van der Waals surface area contributed by atoms with Crippen LogP contribution >= 0.6 is 11.5 Å². The maximum atomic E-state index is 4.45. The van der Waals surface area contributed by atoms with Gasteiger partial charge in [0.1, 0.15) is 0 Å². The quantitative estimate of drug-likeness (QED) is 0.905. The first kappa shape index (κ1) is 12.2. The molecule has 0 saturated carbocycles. The second-order valence-electron chi connectivity index (χ2n) is 5.02. The van der Waals surface area contributed by atoms with Crippen molar-refractivity contribution in [1.29, 1.82) is 0 Å². The molecule has 90 valence electrons. The third-order valence-electron chi connectivity index (χ3n) is 2.31. The predicted molar refractivity (Wildman–Crippen MR) is 71.9 cm³/mol. The van der Waals surface area contributed by atoms with Gasteiger partial charge in [-0.2, -0.15) is 4.37 Å². The Hall–Kier alpha value is -1.26. The number of aromatic nitrogens is 2. The minimum Gasteiger partial charge on any atom is -0.307 e. The topological polar surface area (TPSA) is 37.8 Å². The van der Waals surface area contributed by atoms with Gasteiger partial charge in [0.15, 0.2) is 0 Å². The van der Waals surface area contributed by atoms with Crippen molar-refractivity contribution in [3.05, 3.63) is 35.5 Å². The van der Waals surface area contributed by atoms with E-state index in [1.165, 1.54) is 4.88 Å². The Morgan fingerprint density at radius 2 is 2.18 bits per heavy atom. The smallest absolute Gasteiger partial charge is 0.0859 e. The van der Waals surface area contributed by atoms with E-state index in [-0.39, 0.29) is 5.54 Å². The zero-order chi connectivity index (χ0) is 12.3. The molecule has 4 heteroatoms. The fraction of sp³-hybridized carbons (Fsp3) is 0.385.